The van der Waals surface area contributed by atoms with Gasteiger partial charge in [0.25, 0.3) is 0 Å². The van der Waals surface area contributed by atoms with Crippen LogP contribution in [0, 0.1) is 0 Å². The first-order valence-corrected chi connectivity index (χ1v) is 6.23. The second-order valence-electron chi connectivity index (χ2n) is 4.51. The van der Waals surface area contributed by atoms with Crippen molar-refractivity contribution in [2.24, 2.45) is 5.73 Å². The Morgan fingerprint density at radius 3 is 2.37 bits per heavy atom. The van der Waals surface area contributed by atoms with E-state index in [4.69, 9.17) is 15.2 Å². The van der Waals surface area contributed by atoms with Gasteiger partial charge < -0.3 is 20.1 Å². The minimum atomic E-state index is -0.0650. The van der Waals surface area contributed by atoms with Crippen molar-refractivity contribution in [1.29, 1.82) is 0 Å². The van der Waals surface area contributed by atoms with Crippen LogP contribution in [0.3, 0.4) is 0 Å². The lowest BCUT2D eigenvalue weighted by Crippen LogP contribution is -2.40. The van der Waals surface area contributed by atoms with Gasteiger partial charge >= 0.3 is 0 Å². The second-order valence-corrected chi connectivity index (χ2v) is 4.51. The Bertz CT molecular complexity index is 433. The molecule has 0 atom stereocenters. The number of hydrogen-bond acceptors (Lipinski definition) is 4. The number of carbonyl (C=O) groups is 1. The lowest BCUT2D eigenvalue weighted by Gasteiger charge is -2.26. The summed E-state index contributed by atoms with van der Waals surface area (Å²) in [5.41, 5.74) is 6.41. The Hall–Kier alpha value is -1.75. The number of hydrogen-bond donors (Lipinski definition) is 1. The van der Waals surface area contributed by atoms with Crippen molar-refractivity contribution < 1.29 is 14.3 Å². The lowest BCUT2D eigenvalue weighted by molar-refractivity contribution is -0.132. The topological polar surface area (TPSA) is 64.8 Å². The predicted molar refractivity (Wildman–Crippen MR) is 74.3 cm³/mol. The van der Waals surface area contributed by atoms with Gasteiger partial charge in [-0.2, -0.15) is 0 Å². The number of benzene rings is 1. The van der Waals surface area contributed by atoms with Gasteiger partial charge in [0, 0.05) is 12.6 Å². The molecule has 0 bridgehead atoms. The molecule has 0 spiro atoms. The Labute approximate surface area is 114 Å². The van der Waals surface area contributed by atoms with Crippen molar-refractivity contribution in [2.45, 2.75) is 26.4 Å². The SMILES string of the molecule is COc1ccc(CN(C(=O)CN)C(C)C)cc1OC. The Morgan fingerprint density at radius 2 is 1.89 bits per heavy atom. The van der Waals surface area contributed by atoms with Gasteiger partial charge in [-0.05, 0) is 31.5 Å². The molecule has 0 aliphatic rings. The molecule has 1 aromatic rings. The monoisotopic (exact) mass is 266 g/mol. The third-order valence-electron chi connectivity index (χ3n) is 2.92. The van der Waals surface area contributed by atoms with Crippen molar-refractivity contribution in [3.05, 3.63) is 23.8 Å². The summed E-state index contributed by atoms with van der Waals surface area (Å²) in [6.45, 7) is 4.46. The minimum absolute atomic E-state index is 0.0193. The van der Waals surface area contributed by atoms with E-state index in [-0.39, 0.29) is 18.5 Å². The zero-order valence-corrected chi connectivity index (χ0v) is 12.0. The Morgan fingerprint density at radius 1 is 1.26 bits per heavy atom. The highest BCUT2D eigenvalue weighted by Crippen LogP contribution is 2.28. The molecule has 1 rings (SSSR count). The van der Waals surface area contributed by atoms with Crippen molar-refractivity contribution in [3.8, 4) is 11.5 Å². The van der Waals surface area contributed by atoms with Crippen molar-refractivity contribution in [3.63, 3.8) is 0 Å². The Kier molecular flexibility index (Phi) is 5.63. The quantitative estimate of drug-likeness (QED) is 0.845. The summed E-state index contributed by atoms with van der Waals surface area (Å²) in [4.78, 5) is 13.5. The lowest BCUT2D eigenvalue weighted by atomic mass is 10.1. The van der Waals surface area contributed by atoms with E-state index >= 15 is 0 Å². The summed E-state index contributed by atoms with van der Waals surface area (Å²) in [7, 11) is 3.18. The molecule has 0 saturated heterocycles. The van der Waals surface area contributed by atoms with Crippen molar-refractivity contribution in [2.75, 3.05) is 20.8 Å². The zero-order valence-electron chi connectivity index (χ0n) is 12.0. The van der Waals surface area contributed by atoms with E-state index in [1.165, 1.54) is 0 Å². The van der Waals surface area contributed by atoms with Crippen LogP contribution in [0.1, 0.15) is 19.4 Å². The van der Waals surface area contributed by atoms with Crippen LogP contribution in [-0.2, 0) is 11.3 Å². The third-order valence-corrected chi connectivity index (χ3v) is 2.92. The molecular formula is C14H22N2O3. The highest BCUT2D eigenvalue weighted by Gasteiger charge is 2.16. The fraction of sp³-hybridized carbons (Fsp3) is 0.500. The van der Waals surface area contributed by atoms with Gasteiger partial charge in [0.2, 0.25) is 5.91 Å². The largest absolute Gasteiger partial charge is 0.493 e. The third kappa shape index (κ3) is 3.86. The van der Waals surface area contributed by atoms with Crippen LogP contribution in [0.5, 0.6) is 11.5 Å². The first-order chi connectivity index (χ1) is 9.03. The standard InChI is InChI=1S/C14H22N2O3/c1-10(2)16(14(17)8-15)9-11-5-6-12(18-3)13(7-11)19-4/h5-7,10H,8-9,15H2,1-4H3. The van der Waals surface area contributed by atoms with Gasteiger partial charge in [-0.3, -0.25) is 4.79 Å². The molecule has 0 aliphatic carbocycles. The van der Waals surface area contributed by atoms with Crippen LogP contribution in [0.4, 0.5) is 0 Å². The number of rotatable bonds is 6. The van der Waals surface area contributed by atoms with E-state index in [9.17, 15) is 4.79 Å². The molecule has 0 heterocycles. The molecule has 5 nitrogen and oxygen atoms in total. The summed E-state index contributed by atoms with van der Waals surface area (Å²) in [5, 5.41) is 0. The van der Waals surface area contributed by atoms with E-state index in [1.807, 2.05) is 32.0 Å². The molecule has 2 N–H and O–H groups in total. The van der Waals surface area contributed by atoms with Gasteiger partial charge in [0.1, 0.15) is 0 Å². The summed E-state index contributed by atoms with van der Waals surface area (Å²) >= 11 is 0. The minimum Gasteiger partial charge on any atom is -0.493 e. The van der Waals surface area contributed by atoms with Gasteiger partial charge in [0.15, 0.2) is 11.5 Å². The maximum absolute atomic E-state index is 11.8. The van der Waals surface area contributed by atoms with Gasteiger partial charge in [-0.25, -0.2) is 0 Å². The van der Waals surface area contributed by atoms with Crippen LogP contribution >= 0.6 is 0 Å². The molecule has 0 unspecified atom stereocenters. The van der Waals surface area contributed by atoms with Crippen LogP contribution in [0.2, 0.25) is 0 Å². The molecule has 0 fully saturated rings. The van der Waals surface area contributed by atoms with Crippen LogP contribution < -0.4 is 15.2 Å². The van der Waals surface area contributed by atoms with Crippen LogP contribution in [-0.4, -0.2) is 37.6 Å². The van der Waals surface area contributed by atoms with Gasteiger partial charge in [-0.1, -0.05) is 6.07 Å². The number of ether oxygens (including phenoxy) is 2. The molecule has 19 heavy (non-hydrogen) atoms. The molecule has 1 aromatic carbocycles. The number of nitrogens with zero attached hydrogens (tertiary/aromatic N) is 1. The molecule has 0 aromatic heterocycles. The fourth-order valence-electron chi connectivity index (χ4n) is 1.85. The summed E-state index contributed by atoms with van der Waals surface area (Å²) in [6, 6.07) is 5.72. The smallest absolute Gasteiger partial charge is 0.236 e. The molecule has 0 saturated carbocycles. The number of amides is 1. The van der Waals surface area contributed by atoms with E-state index in [1.54, 1.807) is 19.1 Å². The van der Waals surface area contributed by atoms with Gasteiger partial charge in [0.05, 0.1) is 20.8 Å². The average molecular weight is 266 g/mol. The molecule has 0 aliphatic heterocycles. The Balaban J connectivity index is 2.94. The zero-order chi connectivity index (χ0) is 14.4. The normalized spacial score (nSPS) is 10.4. The summed E-state index contributed by atoms with van der Waals surface area (Å²) < 4.78 is 10.4. The van der Waals surface area contributed by atoms with E-state index in [0.717, 1.165) is 5.56 Å². The number of methoxy groups -OCH3 is 2. The number of carbonyl (C=O) groups excluding carboxylic acids is 1. The van der Waals surface area contributed by atoms with Gasteiger partial charge in [-0.15, -0.1) is 0 Å². The first kappa shape index (κ1) is 15.3. The molecule has 106 valence electrons. The number of nitrogens with two attached hydrogens (primary N) is 1. The molecular weight excluding hydrogens is 244 g/mol. The maximum Gasteiger partial charge on any atom is 0.236 e. The molecule has 0 radical (unpaired) electrons. The first-order valence-electron chi connectivity index (χ1n) is 6.23. The average Bonchev–Trinajstić information content (AvgIpc) is 2.43. The molecule has 1 amide bonds. The summed E-state index contributed by atoms with van der Waals surface area (Å²) in [5.74, 6) is 1.26. The van der Waals surface area contributed by atoms with E-state index in [2.05, 4.69) is 0 Å². The maximum atomic E-state index is 11.8. The van der Waals surface area contributed by atoms with Crippen molar-refractivity contribution >= 4 is 5.91 Å². The van der Waals surface area contributed by atoms with Crippen LogP contribution in [0.15, 0.2) is 18.2 Å². The second kappa shape index (κ2) is 6.99. The van der Waals surface area contributed by atoms with E-state index < -0.39 is 0 Å². The van der Waals surface area contributed by atoms with Crippen molar-refractivity contribution in [1.82, 2.24) is 4.90 Å². The highest BCUT2D eigenvalue weighted by atomic mass is 16.5. The summed E-state index contributed by atoms with van der Waals surface area (Å²) in [6.07, 6.45) is 0. The fourth-order valence-corrected chi connectivity index (χ4v) is 1.85. The molecule has 5 heteroatoms. The highest BCUT2D eigenvalue weighted by molar-refractivity contribution is 5.78. The van der Waals surface area contributed by atoms with E-state index in [0.29, 0.717) is 18.0 Å². The van der Waals surface area contributed by atoms with Crippen LogP contribution in [0.25, 0.3) is 0 Å². The predicted octanol–water partition coefficient (Wildman–Crippen LogP) is 1.40.